The van der Waals surface area contributed by atoms with Crippen molar-refractivity contribution in [1.29, 1.82) is 0 Å². The standard InChI is InChI=1S/C10H21NO3/c1-10(2,3)5-6-11-8(7-12)9(13)14-4/h8,11-12H,5-7H2,1-4H3. The molecule has 14 heavy (non-hydrogen) atoms. The third kappa shape index (κ3) is 5.94. The molecule has 0 aromatic carbocycles. The van der Waals surface area contributed by atoms with Gasteiger partial charge in [-0.15, -0.1) is 0 Å². The van der Waals surface area contributed by atoms with Gasteiger partial charge in [0.25, 0.3) is 0 Å². The predicted octanol–water partition coefficient (Wildman–Crippen LogP) is 0.546. The van der Waals surface area contributed by atoms with Crippen molar-refractivity contribution in [2.45, 2.75) is 33.2 Å². The molecule has 0 rings (SSSR count). The van der Waals surface area contributed by atoms with E-state index >= 15 is 0 Å². The summed E-state index contributed by atoms with van der Waals surface area (Å²) in [6, 6.07) is -0.595. The van der Waals surface area contributed by atoms with Gasteiger partial charge in [-0.25, -0.2) is 0 Å². The summed E-state index contributed by atoms with van der Waals surface area (Å²) >= 11 is 0. The van der Waals surface area contributed by atoms with Crippen LogP contribution in [0.5, 0.6) is 0 Å². The van der Waals surface area contributed by atoms with Gasteiger partial charge in [-0.3, -0.25) is 4.79 Å². The number of nitrogens with one attached hydrogen (secondary N) is 1. The third-order valence-corrected chi connectivity index (χ3v) is 1.93. The number of esters is 1. The highest BCUT2D eigenvalue weighted by molar-refractivity contribution is 5.75. The molecule has 4 heteroatoms. The zero-order valence-electron chi connectivity index (χ0n) is 9.46. The Balaban J connectivity index is 3.80. The van der Waals surface area contributed by atoms with Crippen LogP contribution in [0.4, 0.5) is 0 Å². The first-order valence-corrected chi connectivity index (χ1v) is 4.83. The quantitative estimate of drug-likeness (QED) is 0.640. The van der Waals surface area contributed by atoms with Gasteiger partial charge in [0, 0.05) is 0 Å². The summed E-state index contributed by atoms with van der Waals surface area (Å²) < 4.78 is 4.52. The lowest BCUT2D eigenvalue weighted by atomic mass is 9.92. The lowest BCUT2D eigenvalue weighted by Crippen LogP contribution is -2.41. The summed E-state index contributed by atoms with van der Waals surface area (Å²) in [4.78, 5) is 11.1. The number of hydrogen-bond donors (Lipinski definition) is 2. The van der Waals surface area contributed by atoms with E-state index in [0.29, 0.717) is 6.54 Å². The minimum absolute atomic E-state index is 0.225. The van der Waals surface area contributed by atoms with Gasteiger partial charge in [0.2, 0.25) is 0 Å². The monoisotopic (exact) mass is 203 g/mol. The first-order valence-electron chi connectivity index (χ1n) is 4.83. The number of rotatable bonds is 5. The second-order valence-electron chi connectivity index (χ2n) is 4.52. The van der Waals surface area contributed by atoms with Crippen LogP contribution in [0.1, 0.15) is 27.2 Å². The highest BCUT2D eigenvalue weighted by atomic mass is 16.5. The molecule has 0 aliphatic heterocycles. The highest BCUT2D eigenvalue weighted by Crippen LogP contribution is 2.16. The number of carbonyl (C=O) groups excluding carboxylic acids is 1. The Hall–Kier alpha value is -0.610. The average molecular weight is 203 g/mol. The highest BCUT2D eigenvalue weighted by Gasteiger charge is 2.18. The minimum Gasteiger partial charge on any atom is -0.468 e. The number of methoxy groups -OCH3 is 1. The fraction of sp³-hybridized carbons (Fsp3) is 0.900. The van der Waals surface area contributed by atoms with Crippen LogP contribution in [-0.4, -0.2) is 37.4 Å². The van der Waals surface area contributed by atoms with E-state index < -0.39 is 12.0 Å². The predicted molar refractivity (Wildman–Crippen MR) is 55.0 cm³/mol. The molecule has 0 aromatic heterocycles. The van der Waals surface area contributed by atoms with Crippen LogP contribution in [0.15, 0.2) is 0 Å². The Morgan fingerprint density at radius 1 is 1.50 bits per heavy atom. The molecule has 0 fully saturated rings. The van der Waals surface area contributed by atoms with E-state index in [0.717, 1.165) is 6.42 Å². The Morgan fingerprint density at radius 3 is 2.43 bits per heavy atom. The molecule has 2 N–H and O–H groups in total. The van der Waals surface area contributed by atoms with Crippen molar-refractivity contribution in [3.05, 3.63) is 0 Å². The van der Waals surface area contributed by atoms with Crippen molar-refractivity contribution < 1.29 is 14.6 Å². The molecule has 84 valence electrons. The molecule has 0 aliphatic rings. The lowest BCUT2D eigenvalue weighted by Gasteiger charge is -2.20. The van der Waals surface area contributed by atoms with Crippen LogP contribution < -0.4 is 5.32 Å². The summed E-state index contributed by atoms with van der Waals surface area (Å²) in [5, 5.41) is 11.8. The maximum absolute atomic E-state index is 11.1. The van der Waals surface area contributed by atoms with Crippen molar-refractivity contribution in [1.82, 2.24) is 5.32 Å². The molecule has 0 amide bonds. The fourth-order valence-electron chi connectivity index (χ4n) is 0.986. The number of ether oxygens (including phenoxy) is 1. The lowest BCUT2D eigenvalue weighted by molar-refractivity contribution is -0.144. The van der Waals surface area contributed by atoms with Gasteiger partial charge in [0.05, 0.1) is 13.7 Å². The molecule has 0 bridgehead atoms. The third-order valence-electron chi connectivity index (χ3n) is 1.93. The zero-order valence-corrected chi connectivity index (χ0v) is 9.46. The zero-order chi connectivity index (χ0) is 11.2. The number of hydrogen-bond acceptors (Lipinski definition) is 4. The summed E-state index contributed by atoms with van der Waals surface area (Å²) in [6.07, 6.45) is 0.945. The Morgan fingerprint density at radius 2 is 2.07 bits per heavy atom. The average Bonchev–Trinajstić information content (AvgIpc) is 2.09. The largest absolute Gasteiger partial charge is 0.468 e. The molecule has 0 saturated carbocycles. The molecule has 0 saturated heterocycles. The molecule has 1 unspecified atom stereocenters. The van der Waals surface area contributed by atoms with Gasteiger partial charge >= 0.3 is 5.97 Å². The number of carbonyl (C=O) groups is 1. The second kappa shape index (κ2) is 5.98. The van der Waals surface area contributed by atoms with Gasteiger partial charge < -0.3 is 15.2 Å². The van der Waals surface area contributed by atoms with E-state index in [1.165, 1.54) is 7.11 Å². The van der Waals surface area contributed by atoms with Crippen LogP contribution in [-0.2, 0) is 9.53 Å². The van der Waals surface area contributed by atoms with Gasteiger partial charge in [-0.2, -0.15) is 0 Å². The normalized spacial score (nSPS) is 13.8. The van der Waals surface area contributed by atoms with Crippen molar-refractivity contribution in [2.75, 3.05) is 20.3 Å². The van der Waals surface area contributed by atoms with Crippen molar-refractivity contribution in [3.8, 4) is 0 Å². The Bertz CT molecular complexity index is 175. The summed E-state index contributed by atoms with van der Waals surface area (Å²) in [5.74, 6) is -0.415. The van der Waals surface area contributed by atoms with E-state index in [1.54, 1.807) is 0 Å². The topological polar surface area (TPSA) is 58.6 Å². The van der Waals surface area contributed by atoms with E-state index in [1.807, 2.05) is 0 Å². The van der Waals surface area contributed by atoms with Crippen LogP contribution in [0.3, 0.4) is 0 Å². The SMILES string of the molecule is COC(=O)C(CO)NCCC(C)(C)C. The van der Waals surface area contributed by atoms with E-state index in [-0.39, 0.29) is 12.0 Å². The smallest absolute Gasteiger partial charge is 0.325 e. The molecular formula is C10H21NO3. The first-order chi connectivity index (χ1) is 6.40. The summed E-state index contributed by atoms with van der Waals surface area (Å²) in [5.41, 5.74) is 0.225. The van der Waals surface area contributed by atoms with E-state index in [9.17, 15) is 4.79 Å². The Kier molecular flexibility index (Phi) is 5.72. The molecule has 1 atom stereocenters. The molecular weight excluding hydrogens is 182 g/mol. The van der Waals surface area contributed by atoms with Crippen LogP contribution in [0.2, 0.25) is 0 Å². The van der Waals surface area contributed by atoms with Crippen molar-refractivity contribution in [2.24, 2.45) is 5.41 Å². The van der Waals surface area contributed by atoms with Crippen LogP contribution in [0, 0.1) is 5.41 Å². The minimum atomic E-state index is -0.595. The van der Waals surface area contributed by atoms with Gasteiger partial charge in [0.15, 0.2) is 0 Å². The van der Waals surface area contributed by atoms with Crippen LogP contribution in [0.25, 0.3) is 0 Å². The molecule has 0 radical (unpaired) electrons. The molecule has 4 nitrogen and oxygen atoms in total. The van der Waals surface area contributed by atoms with Crippen molar-refractivity contribution in [3.63, 3.8) is 0 Å². The molecule has 0 spiro atoms. The first kappa shape index (κ1) is 13.4. The van der Waals surface area contributed by atoms with Gasteiger partial charge in [-0.05, 0) is 18.4 Å². The Labute approximate surface area is 85.6 Å². The maximum Gasteiger partial charge on any atom is 0.325 e. The number of aliphatic hydroxyl groups excluding tert-OH is 1. The van der Waals surface area contributed by atoms with E-state index in [4.69, 9.17) is 5.11 Å². The molecule has 0 aromatic rings. The fourth-order valence-corrected chi connectivity index (χ4v) is 0.986. The number of aliphatic hydroxyl groups is 1. The summed E-state index contributed by atoms with van der Waals surface area (Å²) in [6.45, 7) is 6.85. The van der Waals surface area contributed by atoms with Gasteiger partial charge in [0.1, 0.15) is 6.04 Å². The van der Waals surface area contributed by atoms with Crippen LogP contribution >= 0.6 is 0 Å². The molecule has 0 heterocycles. The second-order valence-corrected chi connectivity index (χ2v) is 4.52. The maximum atomic E-state index is 11.1. The van der Waals surface area contributed by atoms with E-state index in [2.05, 4.69) is 30.8 Å². The van der Waals surface area contributed by atoms with Gasteiger partial charge in [-0.1, -0.05) is 20.8 Å². The summed E-state index contributed by atoms with van der Waals surface area (Å²) in [7, 11) is 1.32. The molecule has 0 aliphatic carbocycles. The van der Waals surface area contributed by atoms with Crippen molar-refractivity contribution >= 4 is 5.97 Å².